The maximum absolute atomic E-state index is 16.3. The first-order valence-electron chi connectivity index (χ1n) is 17.7. The summed E-state index contributed by atoms with van der Waals surface area (Å²) < 4.78 is 136. The van der Waals surface area contributed by atoms with Crippen molar-refractivity contribution in [3.8, 4) is 0 Å². The molecule has 0 radical (unpaired) electrons. The molecule has 0 amide bonds. The van der Waals surface area contributed by atoms with Gasteiger partial charge in [-0.05, 0) is 0 Å². The molecule has 0 fully saturated rings. The summed E-state index contributed by atoms with van der Waals surface area (Å²) in [4.78, 5) is 0. The molecule has 0 aliphatic carbocycles. The van der Waals surface area contributed by atoms with Crippen molar-refractivity contribution in [3.63, 3.8) is 0 Å². The molecule has 5 aromatic carbocycles. The Kier molecular flexibility index (Phi) is 13.1. The van der Waals surface area contributed by atoms with Crippen LogP contribution in [-0.4, -0.2) is 47.5 Å². The normalized spacial score (nSPS) is 15.3. The molecule has 0 aliphatic rings. The summed E-state index contributed by atoms with van der Waals surface area (Å²) in [5.41, 5.74) is -11.6. The maximum atomic E-state index is 16.3. The number of alkyl halides is 9. The largest absolute Gasteiger partial charge is 1.00 e. The Balaban J connectivity index is 0.00000720. The molecule has 0 saturated carbocycles. The average molecular weight is 904 g/mol. The van der Waals surface area contributed by atoms with E-state index in [9.17, 15) is 10.2 Å². The van der Waals surface area contributed by atoms with E-state index in [2.05, 4.69) is 0 Å². The quantitative estimate of drug-likeness (QED) is 0.133. The van der Waals surface area contributed by atoms with Crippen LogP contribution in [0.15, 0.2) is 133 Å². The molecular formula is C44H43F9LiO2Sb. The molecular weight excluding hydrogens is 860 g/mol. The van der Waals surface area contributed by atoms with Gasteiger partial charge in [0, 0.05) is 0 Å². The topological polar surface area (TPSA) is 40.5 Å². The number of rotatable bonds is 8. The van der Waals surface area contributed by atoms with E-state index in [0.29, 0.717) is 17.2 Å². The summed E-state index contributed by atoms with van der Waals surface area (Å²) in [6.45, 7) is 11.2. The Bertz CT molecular complexity index is 2030. The van der Waals surface area contributed by atoms with Gasteiger partial charge in [0.15, 0.2) is 0 Å². The number of hydrogen-bond donors (Lipinski definition) is 2. The number of benzene rings is 5. The van der Waals surface area contributed by atoms with Gasteiger partial charge in [-0.15, -0.1) is 0 Å². The van der Waals surface area contributed by atoms with Crippen LogP contribution in [0, 0.1) is 0 Å². The molecule has 5 rings (SSSR count). The first-order chi connectivity index (χ1) is 25.7. The van der Waals surface area contributed by atoms with Gasteiger partial charge >= 0.3 is 345 Å². The maximum Gasteiger partial charge on any atom is 1.00 e. The molecule has 2 atom stereocenters. The Hall–Kier alpha value is -3.19. The van der Waals surface area contributed by atoms with E-state index >= 15 is 39.5 Å². The number of aliphatic hydroxyl groups is 2. The summed E-state index contributed by atoms with van der Waals surface area (Å²) in [6, 6.07) is 28.6. The van der Waals surface area contributed by atoms with Crippen molar-refractivity contribution in [2.75, 3.05) is 0 Å². The zero-order chi connectivity index (χ0) is 41.8. The van der Waals surface area contributed by atoms with Crippen LogP contribution in [0.25, 0.3) is 0 Å². The fourth-order valence-corrected chi connectivity index (χ4v) is 22.7. The Morgan fingerprint density at radius 3 is 1.18 bits per heavy atom. The van der Waals surface area contributed by atoms with Crippen molar-refractivity contribution in [2.24, 2.45) is 0 Å². The third kappa shape index (κ3) is 8.22. The zero-order valence-corrected chi connectivity index (χ0v) is 35.1. The predicted molar refractivity (Wildman–Crippen MR) is 203 cm³/mol. The van der Waals surface area contributed by atoms with E-state index in [1.807, 2.05) is 41.5 Å². The van der Waals surface area contributed by atoms with Crippen LogP contribution in [0.3, 0.4) is 0 Å². The molecule has 0 bridgehead atoms. The van der Waals surface area contributed by atoms with Crippen LogP contribution in [0.1, 0.15) is 73.2 Å². The minimum absolute atomic E-state index is 0. The van der Waals surface area contributed by atoms with Gasteiger partial charge < -0.3 is 0 Å². The SMILES string of the molecule is CC(C)(C)c1cc[c]([Sb-]([c]2ccc(C(C)(C)C)cc2)([c]2ccccc2C(O)(C(F)(F)F)C(F)(F)F)[C@@H](c2ccccc2)[C@](O)(c2ccccc2)C(F)(F)F)cc1.[Li+]. The van der Waals surface area contributed by atoms with Crippen molar-refractivity contribution in [1.82, 2.24) is 0 Å². The van der Waals surface area contributed by atoms with Crippen molar-refractivity contribution in [2.45, 2.75) is 86.0 Å². The molecule has 0 unspecified atom stereocenters. The van der Waals surface area contributed by atoms with Crippen molar-refractivity contribution in [3.05, 3.63) is 161 Å². The van der Waals surface area contributed by atoms with Gasteiger partial charge in [-0.25, -0.2) is 0 Å². The van der Waals surface area contributed by atoms with E-state index in [1.54, 1.807) is 24.3 Å². The van der Waals surface area contributed by atoms with Crippen LogP contribution in [0.4, 0.5) is 39.5 Å². The smallest absolute Gasteiger partial charge is 1.00 e. The van der Waals surface area contributed by atoms with Crippen LogP contribution in [0.2, 0.25) is 0 Å². The Labute approximate surface area is 343 Å². The molecule has 0 aliphatic heterocycles. The predicted octanol–water partition coefficient (Wildman–Crippen LogP) is 6.84. The first kappa shape index (κ1) is 46.5. The van der Waals surface area contributed by atoms with Crippen LogP contribution < -0.4 is 29.4 Å². The van der Waals surface area contributed by atoms with Crippen molar-refractivity contribution >= 4 is 29.3 Å². The Morgan fingerprint density at radius 2 is 0.807 bits per heavy atom. The van der Waals surface area contributed by atoms with E-state index in [-0.39, 0.29) is 31.4 Å². The second-order valence-electron chi connectivity index (χ2n) is 16.0. The fraction of sp³-hybridized carbons (Fsp3) is 0.318. The van der Waals surface area contributed by atoms with Gasteiger partial charge in [0.2, 0.25) is 0 Å². The molecule has 5 aromatic rings. The minimum atomic E-state index is -6.45. The van der Waals surface area contributed by atoms with Crippen molar-refractivity contribution < 1.29 is 68.6 Å². The standard InChI is InChI=1S/C15H12F3O.2C10H13.C9H5F6O.Li.Sb/c16-15(17,18)14(19,13-9-5-2-6-10-13)11-12-7-3-1-4-8-12;2*1-10(2,3)9-7-5-4-6-8-9;10-8(11,12)7(16,9(13,14)15)6-4-2-1-3-5-6;;/h1-11,19H;2*5-8H,1-3H3;1-4,16H;;/q;;;;+1;-1/t14-;;;;;/m0...../s1. The molecule has 0 aromatic heterocycles. The molecule has 0 saturated heterocycles. The molecule has 2 N–H and O–H groups in total. The van der Waals surface area contributed by atoms with Crippen molar-refractivity contribution in [1.29, 1.82) is 0 Å². The first-order valence-corrected chi connectivity index (χ1v) is 23.0. The van der Waals surface area contributed by atoms with Gasteiger partial charge in [0.1, 0.15) is 0 Å². The molecule has 0 heterocycles. The van der Waals surface area contributed by atoms with Gasteiger partial charge in [0.25, 0.3) is 0 Å². The van der Waals surface area contributed by atoms with Gasteiger partial charge in [-0.3, -0.25) is 0 Å². The third-order valence-corrected chi connectivity index (χ3v) is 24.1. The average Bonchev–Trinajstić information content (AvgIpc) is 3.12. The van der Waals surface area contributed by atoms with E-state index in [1.165, 1.54) is 72.8 Å². The molecule has 57 heavy (non-hydrogen) atoms. The summed E-state index contributed by atoms with van der Waals surface area (Å²) in [7, 11) is 0. The van der Waals surface area contributed by atoms with E-state index in [0.717, 1.165) is 30.3 Å². The third-order valence-electron chi connectivity index (χ3n) is 10.3. The minimum Gasteiger partial charge on any atom is 1.00 e. The van der Waals surface area contributed by atoms with Crippen LogP contribution in [0.5, 0.6) is 0 Å². The van der Waals surface area contributed by atoms with E-state index in [4.69, 9.17) is 0 Å². The second-order valence-corrected chi connectivity index (χ2v) is 25.9. The van der Waals surface area contributed by atoms with Gasteiger partial charge in [-0.2, -0.15) is 0 Å². The zero-order valence-electron chi connectivity index (χ0n) is 32.5. The number of halogens is 9. The Morgan fingerprint density at radius 1 is 0.439 bits per heavy atom. The van der Waals surface area contributed by atoms with Gasteiger partial charge in [-0.1, -0.05) is 0 Å². The molecule has 13 heteroatoms. The molecule has 300 valence electrons. The summed E-state index contributed by atoms with van der Waals surface area (Å²) in [5, 5.41) is 24.1. The van der Waals surface area contributed by atoms with Gasteiger partial charge in [0.05, 0.1) is 0 Å². The molecule has 2 nitrogen and oxygen atoms in total. The monoisotopic (exact) mass is 902 g/mol. The van der Waals surface area contributed by atoms with E-state index < -0.39 is 77.9 Å². The van der Waals surface area contributed by atoms with Crippen LogP contribution in [-0.2, 0) is 22.0 Å². The van der Waals surface area contributed by atoms with Crippen LogP contribution >= 0.6 is 0 Å². The number of hydrogen-bond acceptors (Lipinski definition) is 2. The summed E-state index contributed by atoms with van der Waals surface area (Å²) >= 11 is -6.45. The summed E-state index contributed by atoms with van der Waals surface area (Å²) in [5.74, 6) is 0. The second kappa shape index (κ2) is 16.1. The summed E-state index contributed by atoms with van der Waals surface area (Å²) in [6.07, 6.45) is -18.3. The molecule has 0 spiro atoms. The fourth-order valence-electron chi connectivity index (χ4n) is 7.36.